The van der Waals surface area contributed by atoms with E-state index in [4.69, 9.17) is 9.84 Å². The summed E-state index contributed by atoms with van der Waals surface area (Å²) in [5, 5.41) is 8.99. The number of carbonyl (C=O) groups is 2. The van der Waals surface area contributed by atoms with Crippen LogP contribution in [0.25, 0.3) is 0 Å². The second-order valence-electron chi connectivity index (χ2n) is 7.94. The maximum absolute atomic E-state index is 12.1. The van der Waals surface area contributed by atoms with E-state index in [2.05, 4.69) is 0 Å². The molecule has 4 aliphatic carbocycles. The van der Waals surface area contributed by atoms with E-state index in [1.165, 1.54) is 38.5 Å². The van der Waals surface area contributed by atoms with Gasteiger partial charge in [-0.05, 0) is 56.3 Å². The van der Waals surface area contributed by atoms with Gasteiger partial charge in [0.05, 0.1) is 18.4 Å². The van der Waals surface area contributed by atoms with Crippen LogP contribution in [0.5, 0.6) is 0 Å². The maximum atomic E-state index is 12.1. The van der Waals surface area contributed by atoms with E-state index in [0.29, 0.717) is 6.61 Å². The molecule has 4 saturated carbocycles. The van der Waals surface area contributed by atoms with Gasteiger partial charge in [0.2, 0.25) is 0 Å². The molecule has 0 saturated heterocycles. The van der Waals surface area contributed by atoms with E-state index < -0.39 is 17.8 Å². The molecule has 118 valence electrons. The lowest BCUT2D eigenvalue weighted by atomic mass is 9.50. The first-order valence-electron chi connectivity index (χ1n) is 8.28. The average molecular weight is 294 g/mol. The first-order valence-corrected chi connectivity index (χ1v) is 8.28. The molecule has 4 rings (SSSR count). The minimum absolute atomic E-state index is 0.205. The minimum atomic E-state index is -0.936. The summed E-state index contributed by atoms with van der Waals surface area (Å²) < 4.78 is 5.56. The molecule has 1 N–H and O–H groups in total. The second kappa shape index (κ2) is 5.29. The van der Waals surface area contributed by atoms with Crippen molar-refractivity contribution in [3.63, 3.8) is 0 Å². The molecule has 0 heterocycles. The van der Waals surface area contributed by atoms with Crippen molar-refractivity contribution in [3.05, 3.63) is 0 Å². The Balaban J connectivity index is 1.58. The molecule has 0 amide bonds. The van der Waals surface area contributed by atoms with E-state index in [1.807, 2.05) is 0 Å². The molecule has 4 aliphatic rings. The maximum Gasteiger partial charge on any atom is 0.309 e. The van der Waals surface area contributed by atoms with E-state index in [-0.39, 0.29) is 11.4 Å². The number of ether oxygens (including phenoxy) is 1. The van der Waals surface area contributed by atoms with Gasteiger partial charge >= 0.3 is 11.9 Å². The van der Waals surface area contributed by atoms with E-state index in [9.17, 15) is 9.59 Å². The lowest BCUT2D eigenvalue weighted by Gasteiger charge is -2.56. The van der Waals surface area contributed by atoms with Crippen molar-refractivity contribution in [1.82, 2.24) is 0 Å². The molecule has 0 spiro atoms. The number of carboxylic acid groups (broad SMARTS) is 1. The number of aliphatic carboxylic acids is 1. The first-order chi connectivity index (χ1) is 9.88. The molecule has 2 unspecified atom stereocenters. The number of esters is 1. The van der Waals surface area contributed by atoms with Gasteiger partial charge in [-0.1, -0.05) is 13.8 Å². The number of hydrogen-bond acceptors (Lipinski definition) is 3. The normalized spacial score (nSPS) is 39.8. The molecule has 4 bridgehead atoms. The summed E-state index contributed by atoms with van der Waals surface area (Å²) in [7, 11) is 0. The second-order valence-corrected chi connectivity index (χ2v) is 7.94. The minimum Gasteiger partial charge on any atom is -0.481 e. The highest BCUT2D eigenvalue weighted by Gasteiger charge is 2.51. The number of carbonyl (C=O) groups excluding carboxylic acids is 1. The summed E-state index contributed by atoms with van der Waals surface area (Å²) in [6.07, 6.45) is 7.73. The van der Waals surface area contributed by atoms with Crippen molar-refractivity contribution in [1.29, 1.82) is 0 Å². The van der Waals surface area contributed by atoms with Crippen molar-refractivity contribution >= 4 is 11.9 Å². The van der Waals surface area contributed by atoms with E-state index >= 15 is 0 Å². The molecule has 0 radical (unpaired) electrons. The van der Waals surface area contributed by atoms with Gasteiger partial charge in [-0.3, -0.25) is 9.59 Å². The quantitative estimate of drug-likeness (QED) is 0.791. The standard InChI is InChI=1S/C17H26O4/c1-10(15(18)19)11(2)16(20)21-9-17-6-12-3-13(7-17)5-14(4-12)8-17/h10-14H,3-9H2,1-2H3,(H,18,19). The average Bonchev–Trinajstić information content (AvgIpc) is 2.41. The van der Waals surface area contributed by atoms with Crippen LogP contribution in [0.3, 0.4) is 0 Å². The Morgan fingerprint density at radius 1 is 1.05 bits per heavy atom. The lowest BCUT2D eigenvalue weighted by molar-refractivity contribution is -0.164. The van der Waals surface area contributed by atoms with Crippen molar-refractivity contribution < 1.29 is 19.4 Å². The highest BCUT2D eigenvalue weighted by molar-refractivity contribution is 5.80. The fourth-order valence-electron chi connectivity index (χ4n) is 5.24. The summed E-state index contributed by atoms with van der Waals surface area (Å²) in [6, 6.07) is 0. The van der Waals surface area contributed by atoms with Crippen LogP contribution in [0.15, 0.2) is 0 Å². The molecule has 21 heavy (non-hydrogen) atoms. The Hall–Kier alpha value is -1.06. The van der Waals surface area contributed by atoms with Gasteiger partial charge in [-0.25, -0.2) is 0 Å². The molecule has 4 fully saturated rings. The smallest absolute Gasteiger partial charge is 0.309 e. The Labute approximate surface area is 126 Å². The van der Waals surface area contributed by atoms with E-state index in [1.54, 1.807) is 13.8 Å². The van der Waals surface area contributed by atoms with Crippen LogP contribution in [0, 0.1) is 35.0 Å². The summed E-state index contributed by atoms with van der Waals surface area (Å²) in [5.41, 5.74) is 0.205. The monoisotopic (exact) mass is 294 g/mol. The number of hydrogen-bond donors (Lipinski definition) is 1. The van der Waals surface area contributed by atoms with Crippen LogP contribution in [-0.2, 0) is 14.3 Å². The largest absolute Gasteiger partial charge is 0.481 e. The Morgan fingerprint density at radius 3 is 1.95 bits per heavy atom. The zero-order valence-corrected chi connectivity index (χ0v) is 13.0. The number of rotatable bonds is 5. The molecule has 4 nitrogen and oxygen atoms in total. The van der Waals surface area contributed by atoms with Crippen molar-refractivity contribution in [2.75, 3.05) is 6.61 Å². The predicted molar refractivity (Wildman–Crippen MR) is 77.5 cm³/mol. The highest BCUT2D eigenvalue weighted by atomic mass is 16.5. The van der Waals surface area contributed by atoms with Crippen molar-refractivity contribution in [3.8, 4) is 0 Å². The molecular weight excluding hydrogens is 268 g/mol. The third-order valence-electron chi connectivity index (χ3n) is 6.20. The highest BCUT2D eigenvalue weighted by Crippen LogP contribution is 2.60. The van der Waals surface area contributed by atoms with Crippen LogP contribution in [0.4, 0.5) is 0 Å². The van der Waals surface area contributed by atoms with Gasteiger partial charge in [0.15, 0.2) is 0 Å². The van der Waals surface area contributed by atoms with Crippen LogP contribution in [-0.4, -0.2) is 23.7 Å². The predicted octanol–water partition coefficient (Wildman–Crippen LogP) is 3.10. The lowest BCUT2D eigenvalue weighted by Crippen LogP contribution is -2.48. The molecule has 0 aliphatic heterocycles. The van der Waals surface area contributed by atoms with Gasteiger partial charge in [0.1, 0.15) is 0 Å². The first kappa shape index (κ1) is 14.9. The summed E-state index contributed by atoms with van der Waals surface area (Å²) in [6.45, 7) is 3.73. The molecule has 2 atom stereocenters. The summed E-state index contributed by atoms with van der Waals surface area (Å²) in [5.74, 6) is -0.0267. The van der Waals surface area contributed by atoms with Crippen LogP contribution in [0.1, 0.15) is 52.4 Å². The molecule has 4 heteroatoms. The summed E-state index contributed by atoms with van der Waals surface area (Å²) >= 11 is 0. The summed E-state index contributed by atoms with van der Waals surface area (Å²) in [4.78, 5) is 23.1. The van der Waals surface area contributed by atoms with Crippen LogP contribution in [0.2, 0.25) is 0 Å². The van der Waals surface area contributed by atoms with Gasteiger partial charge in [0, 0.05) is 5.41 Å². The SMILES string of the molecule is CC(C(=O)O)C(C)C(=O)OCC12CC3CC(CC(C3)C1)C2. The van der Waals surface area contributed by atoms with Gasteiger partial charge in [0.25, 0.3) is 0 Å². The Morgan fingerprint density at radius 2 is 1.52 bits per heavy atom. The fraction of sp³-hybridized carbons (Fsp3) is 0.882. The third-order valence-corrected chi connectivity index (χ3v) is 6.20. The molecule has 0 aromatic carbocycles. The molecule has 0 aromatic heterocycles. The molecule has 0 aromatic rings. The van der Waals surface area contributed by atoms with Crippen molar-refractivity contribution in [2.24, 2.45) is 35.0 Å². The Bertz CT molecular complexity index is 407. The van der Waals surface area contributed by atoms with Gasteiger partial charge < -0.3 is 9.84 Å². The van der Waals surface area contributed by atoms with Gasteiger partial charge in [-0.2, -0.15) is 0 Å². The zero-order valence-electron chi connectivity index (χ0n) is 13.0. The third kappa shape index (κ3) is 2.82. The van der Waals surface area contributed by atoms with E-state index in [0.717, 1.165) is 17.8 Å². The fourth-order valence-corrected chi connectivity index (χ4v) is 5.24. The zero-order chi connectivity index (χ0) is 15.2. The van der Waals surface area contributed by atoms with Crippen LogP contribution < -0.4 is 0 Å². The number of carboxylic acids is 1. The molecular formula is C17H26O4. The van der Waals surface area contributed by atoms with Gasteiger partial charge in [-0.15, -0.1) is 0 Å². The Kier molecular flexibility index (Phi) is 3.74. The topological polar surface area (TPSA) is 63.6 Å². The van der Waals surface area contributed by atoms with Crippen LogP contribution >= 0.6 is 0 Å². The van der Waals surface area contributed by atoms with Crippen molar-refractivity contribution in [2.45, 2.75) is 52.4 Å².